The number of terminal acetylenes is 1. The normalized spacial score (nSPS) is 11.0. The molecular formula is C11H9BrCl2O3S. The van der Waals surface area contributed by atoms with Gasteiger partial charge in [-0.25, -0.2) is 8.42 Å². The highest BCUT2D eigenvalue weighted by Crippen LogP contribution is 2.37. The summed E-state index contributed by atoms with van der Waals surface area (Å²) in [5.41, 5.74) is 0. The average Bonchev–Trinajstić information content (AvgIpc) is 2.24. The number of ether oxygens (including phenoxy) is 1. The predicted molar refractivity (Wildman–Crippen MR) is 75.8 cm³/mol. The Morgan fingerprint density at radius 2 is 2.11 bits per heavy atom. The predicted octanol–water partition coefficient (Wildman–Crippen LogP) is 3.82. The maximum atomic E-state index is 11.4. The third-order valence-corrected chi connectivity index (χ3v) is 4.01. The lowest BCUT2D eigenvalue weighted by Gasteiger charge is -2.11. The van der Waals surface area contributed by atoms with E-state index in [0.717, 1.165) is 0 Å². The number of benzene rings is 1. The molecule has 1 aromatic carbocycles. The standard InChI is InChI=1S/C11H9BrCl2O3S/c1-2-3-4-5-17-11-9(13)6-8(12)7-10(11)18(14,15)16/h1,6-7H,3-5H2. The molecule has 0 aliphatic heterocycles. The number of hydrogen-bond donors (Lipinski definition) is 0. The van der Waals surface area contributed by atoms with E-state index in [1.165, 1.54) is 12.1 Å². The number of halogens is 3. The maximum Gasteiger partial charge on any atom is 0.265 e. The molecule has 0 saturated carbocycles. The van der Waals surface area contributed by atoms with E-state index in [0.29, 0.717) is 17.3 Å². The first kappa shape index (κ1) is 15.6. The van der Waals surface area contributed by atoms with Crippen molar-refractivity contribution in [3.63, 3.8) is 0 Å². The highest BCUT2D eigenvalue weighted by molar-refractivity contribution is 9.10. The van der Waals surface area contributed by atoms with Crippen molar-refractivity contribution in [2.45, 2.75) is 17.7 Å². The molecule has 0 fully saturated rings. The van der Waals surface area contributed by atoms with E-state index in [1.807, 2.05) is 0 Å². The van der Waals surface area contributed by atoms with Crippen LogP contribution in [0.3, 0.4) is 0 Å². The van der Waals surface area contributed by atoms with Crippen LogP contribution in [0.25, 0.3) is 0 Å². The number of unbranched alkanes of at least 4 members (excludes halogenated alkanes) is 1. The zero-order valence-corrected chi connectivity index (χ0v) is 13.0. The van der Waals surface area contributed by atoms with Crippen LogP contribution >= 0.6 is 38.2 Å². The van der Waals surface area contributed by atoms with Gasteiger partial charge in [-0.05, 0) is 18.6 Å². The fraction of sp³-hybridized carbons (Fsp3) is 0.273. The molecule has 0 aliphatic carbocycles. The van der Waals surface area contributed by atoms with Crippen LogP contribution in [-0.2, 0) is 9.05 Å². The van der Waals surface area contributed by atoms with E-state index in [-0.39, 0.29) is 22.3 Å². The summed E-state index contributed by atoms with van der Waals surface area (Å²) in [5, 5.41) is 0.171. The second kappa shape index (κ2) is 6.67. The lowest BCUT2D eigenvalue weighted by atomic mass is 10.3. The van der Waals surface area contributed by atoms with Gasteiger partial charge >= 0.3 is 0 Å². The van der Waals surface area contributed by atoms with E-state index in [9.17, 15) is 8.42 Å². The van der Waals surface area contributed by atoms with E-state index >= 15 is 0 Å². The molecule has 0 amide bonds. The molecule has 3 nitrogen and oxygen atoms in total. The van der Waals surface area contributed by atoms with Crippen molar-refractivity contribution in [1.82, 2.24) is 0 Å². The van der Waals surface area contributed by atoms with Crippen LogP contribution in [0, 0.1) is 12.3 Å². The van der Waals surface area contributed by atoms with Crippen LogP contribution < -0.4 is 4.74 Å². The molecule has 0 aliphatic rings. The molecule has 0 atom stereocenters. The van der Waals surface area contributed by atoms with Gasteiger partial charge in [-0.3, -0.25) is 0 Å². The summed E-state index contributed by atoms with van der Waals surface area (Å²) in [6.07, 6.45) is 6.24. The Morgan fingerprint density at radius 3 is 2.67 bits per heavy atom. The second-order valence-corrected chi connectivity index (χ2v) is 7.17. The van der Waals surface area contributed by atoms with E-state index in [1.54, 1.807) is 0 Å². The van der Waals surface area contributed by atoms with Gasteiger partial charge in [-0.2, -0.15) is 0 Å². The van der Waals surface area contributed by atoms with E-state index in [4.69, 9.17) is 33.4 Å². The summed E-state index contributed by atoms with van der Waals surface area (Å²) in [7, 11) is 1.40. The van der Waals surface area contributed by atoms with Gasteiger partial charge in [0.1, 0.15) is 4.90 Å². The smallest absolute Gasteiger partial charge is 0.265 e. The van der Waals surface area contributed by atoms with Crippen molar-refractivity contribution in [2.24, 2.45) is 0 Å². The van der Waals surface area contributed by atoms with Crippen LogP contribution in [0.5, 0.6) is 5.75 Å². The van der Waals surface area contributed by atoms with Crippen LogP contribution in [-0.4, -0.2) is 15.0 Å². The molecule has 1 aromatic rings. The largest absolute Gasteiger partial charge is 0.491 e. The van der Waals surface area contributed by atoms with Gasteiger partial charge < -0.3 is 4.74 Å². The molecule has 0 saturated heterocycles. The third-order valence-electron chi connectivity index (χ3n) is 1.95. The Bertz CT molecular complexity index is 579. The molecule has 0 radical (unpaired) electrons. The van der Waals surface area contributed by atoms with E-state index < -0.39 is 9.05 Å². The van der Waals surface area contributed by atoms with E-state index in [2.05, 4.69) is 21.9 Å². The summed E-state index contributed by atoms with van der Waals surface area (Å²) < 4.78 is 28.7. The summed E-state index contributed by atoms with van der Waals surface area (Å²) in [4.78, 5) is -0.163. The lowest BCUT2D eigenvalue weighted by molar-refractivity contribution is 0.305. The Kier molecular flexibility index (Phi) is 5.80. The molecule has 0 N–H and O–H groups in total. The fourth-order valence-electron chi connectivity index (χ4n) is 1.21. The van der Waals surface area contributed by atoms with Gasteiger partial charge in [0.15, 0.2) is 5.75 Å². The van der Waals surface area contributed by atoms with Crippen LogP contribution in [0.2, 0.25) is 5.02 Å². The van der Waals surface area contributed by atoms with Gasteiger partial charge in [-0.1, -0.05) is 27.5 Å². The molecule has 98 valence electrons. The first-order valence-electron chi connectivity index (χ1n) is 4.86. The first-order chi connectivity index (χ1) is 8.36. The molecule has 0 unspecified atom stereocenters. The van der Waals surface area contributed by atoms with Crippen molar-refractivity contribution < 1.29 is 13.2 Å². The van der Waals surface area contributed by atoms with Gasteiger partial charge in [0.25, 0.3) is 9.05 Å². The number of hydrogen-bond acceptors (Lipinski definition) is 3. The molecular weight excluding hydrogens is 363 g/mol. The van der Waals surface area contributed by atoms with Crippen LogP contribution in [0.15, 0.2) is 21.5 Å². The zero-order chi connectivity index (χ0) is 13.8. The van der Waals surface area contributed by atoms with Crippen LogP contribution in [0.1, 0.15) is 12.8 Å². The minimum Gasteiger partial charge on any atom is -0.491 e. The molecule has 1 rings (SSSR count). The maximum absolute atomic E-state index is 11.4. The molecule has 0 spiro atoms. The fourth-order valence-corrected chi connectivity index (χ4v) is 3.28. The Balaban J connectivity index is 3.06. The molecule has 0 aromatic heterocycles. The Morgan fingerprint density at radius 1 is 1.44 bits per heavy atom. The third kappa shape index (κ3) is 4.36. The van der Waals surface area contributed by atoms with Gasteiger partial charge in [-0.15, -0.1) is 12.3 Å². The average molecular weight is 372 g/mol. The minimum atomic E-state index is -3.93. The highest BCUT2D eigenvalue weighted by atomic mass is 79.9. The monoisotopic (exact) mass is 370 g/mol. The molecule has 7 heteroatoms. The minimum absolute atomic E-state index is 0.0480. The molecule has 18 heavy (non-hydrogen) atoms. The molecule has 0 bridgehead atoms. The number of rotatable bonds is 5. The molecule has 0 heterocycles. The van der Waals surface area contributed by atoms with Crippen molar-refractivity contribution >= 4 is 47.3 Å². The summed E-state index contributed by atoms with van der Waals surface area (Å²) in [6, 6.07) is 2.87. The van der Waals surface area contributed by atoms with Crippen molar-refractivity contribution in [3.8, 4) is 18.1 Å². The topological polar surface area (TPSA) is 43.4 Å². The quantitative estimate of drug-likeness (QED) is 0.449. The van der Waals surface area contributed by atoms with Crippen LogP contribution in [0.4, 0.5) is 0 Å². The summed E-state index contributed by atoms with van der Waals surface area (Å²) in [6.45, 7) is 0.269. The van der Waals surface area contributed by atoms with Crippen molar-refractivity contribution in [2.75, 3.05) is 6.61 Å². The highest BCUT2D eigenvalue weighted by Gasteiger charge is 2.20. The van der Waals surface area contributed by atoms with Crippen molar-refractivity contribution in [1.29, 1.82) is 0 Å². The van der Waals surface area contributed by atoms with Gasteiger partial charge in [0, 0.05) is 21.6 Å². The second-order valence-electron chi connectivity index (χ2n) is 3.31. The Hall–Kier alpha value is -0.410. The lowest BCUT2D eigenvalue weighted by Crippen LogP contribution is -2.03. The zero-order valence-electron chi connectivity index (χ0n) is 9.12. The van der Waals surface area contributed by atoms with Gasteiger partial charge in [0.05, 0.1) is 11.6 Å². The summed E-state index contributed by atoms with van der Waals surface area (Å²) >= 11 is 9.08. The summed E-state index contributed by atoms with van der Waals surface area (Å²) in [5.74, 6) is 2.51. The van der Waals surface area contributed by atoms with Crippen molar-refractivity contribution in [3.05, 3.63) is 21.6 Å². The van der Waals surface area contributed by atoms with Gasteiger partial charge in [0.2, 0.25) is 0 Å². The Labute approximate surface area is 124 Å². The first-order valence-corrected chi connectivity index (χ1v) is 8.34. The SMILES string of the molecule is C#CCCCOc1c(Cl)cc(Br)cc1S(=O)(=O)Cl.